The Hall–Kier alpha value is -2.42. The maximum Gasteiger partial charge on any atom is 0.406 e. The van der Waals surface area contributed by atoms with E-state index in [0.717, 1.165) is 10.9 Å². The number of halogens is 4. The molecule has 6 nitrogen and oxygen atoms in total. The fourth-order valence-corrected chi connectivity index (χ4v) is 2.76. The Labute approximate surface area is 173 Å². The number of carbonyl (C=O) groups is 1. The minimum absolute atomic E-state index is 0.0821. The van der Waals surface area contributed by atoms with E-state index in [1.54, 1.807) is 11.0 Å². The highest BCUT2D eigenvalue weighted by molar-refractivity contribution is 6.18. The van der Waals surface area contributed by atoms with E-state index in [2.05, 4.69) is 4.98 Å². The summed E-state index contributed by atoms with van der Waals surface area (Å²) in [7, 11) is 1.26. The average molecular weight is 435 g/mol. The maximum atomic E-state index is 12.8. The van der Waals surface area contributed by atoms with Crippen LogP contribution in [0, 0.1) is 0 Å². The van der Waals surface area contributed by atoms with E-state index in [-0.39, 0.29) is 24.0 Å². The highest BCUT2D eigenvalue weighted by Gasteiger charge is 2.29. The molecule has 2 aromatic rings. The second-order valence-corrected chi connectivity index (χ2v) is 6.33. The number of methoxy groups -OCH3 is 1. The number of aromatic nitrogens is 2. The van der Waals surface area contributed by atoms with Crippen molar-refractivity contribution < 1.29 is 22.7 Å². The first-order valence-corrected chi connectivity index (χ1v) is 9.56. The minimum atomic E-state index is -4.37. The summed E-state index contributed by atoms with van der Waals surface area (Å²) in [5.41, 5.74) is 7.51. The molecular weight excluding hydrogens is 409 g/mol. The Morgan fingerprint density at radius 1 is 1.38 bits per heavy atom. The number of alkyl halides is 4. The lowest BCUT2D eigenvalue weighted by molar-refractivity contribution is -0.141. The monoisotopic (exact) mass is 434 g/mol. The van der Waals surface area contributed by atoms with Crippen molar-refractivity contribution in [3.8, 4) is 0 Å². The molecule has 0 aliphatic heterocycles. The summed E-state index contributed by atoms with van der Waals surface area (Å²) in [5.74, 6) is -0.341. The Morgan fingerprint density at radius 2 is 2.03 bits per heavy atom. The molecule has 0 bridgehead atoms. The van der Waals surface area contributed by atoms with Gasteiger partial charge in [-0.25, -0.2) is 9.78 Å². The molecule has 0 amide bonds. The van der Waals surface area contributed by atoms with Crippen molar-refractivity contribution in [3.63, 3.8) is 0 Å². The minimum Gasteiger partial charge on any atom is -0.465 e. The molecule has 10 heteroatoms. The van der Waals surface area contributed by atoms with Crippen LogP contribution in [0.1, 0.15) is 36.8 Å². The third-order valence-corrected chi connectivity index (χ3v) is 4.44. The van der Waals surface area contributed by atoms with E-state index >= 15 is 0 Å². The number of anilines is 2. The number of imidazole rings is 1. The molecule has 1 aromatic carbocycles. The van der Waals surface area contributed by atoms with Crippen LogP contribution in [0.25, 0.3) is 0 Å². The van der Waals surface area contributed by atoms with Crippen LogP contribution in [0.4, 0.5) is 24.5 Å². The van der Waals surface area contributed by atoms with Crippen molar-refractivity contribution in [1.29, 1.82) is 0 Å². The molecule has 2 N–H and O–H groups in total. The Morgan fingerprint density at radius 3 is 2.59 bits per heavy atom. The first-order chi connectivity index (χ1) is 13.7. The Bertz CT molecular complexity index is 796. The number of ether oxygens (including phenoxy) is 1. The number of nitrogens with zero attached hydrogens (tertiary/aromatic N) is 3. The van der Waals surface area contributed by atoms with Gasteiger partial charge in [0.1, 0.15) is 6.54 Å². The fourth-order valence-electron chi connectivity index (χ4n) is 2.59. The average Bonchev–Trinajstić information content (AvgIpc) is 3.12. The standard InChI is InChI=1S/C17H20ClF3N4O2.C2H6/c1-11(6-18)25(8-13-7-23-10-24(13)9-17(19,20)21)15-5-12(16(26)27-2)3-4-14(15)22;1-2/h3-5,7,10-11H,6,8-9,22H2,1-2H3;1-2H3. The molecule has 1 unspecified atom stereocenters. The molecule has 29 heavy (non-hydrogen) atoms. The van der Waals surface area contributed by atoms with E-state index in [1.807, 2.05) is 20.8 Å². The Balaban J connectivity index is 0.00000204. The summed E-state index contributed by atoms with van der Waals surface area (Å²) in [6, 6.07) is 4.33. The van der Waals surface area contributed by atoms with Gasteiger partial charge in [-0.3, -0.25) is 0 Å². The summed E-state index contributed by atoms with van der Waals surface area (Å²) in [5, 5.41) is 0. The van der Waals surface area contributed by atoms with Crippen molar-refractivity contribution >= 4 is 28.9 Å². The van der Waals surface area contributed by atoms with Gasteiger partial charge in [0.15, 0.2) is 0 Å². The van der Waals surface area contributed by atoms with Crippen molar-refractivity contribution in [1.82, 2.24) is 9.55 Å². The summed E-state index contributed by atoms with van der Waals surface area (Å²) in [6.07, 6.45) is -1.89. The van der Waals surface area contributed by atoms with Crippen LogP contribution in [-0.4, -0.2) is 40.7 Å². The molecule has 0 aliphatic rings. The zero-order valence-corrected chi connectivity index (χ0v) is 17.6. The fraction of sp³-hybridized carbons (Fsp3) is 0.474. The molecule has 162 valence electrons. The SMILES string of the molecule is CC.COC(=O)c1ccc(N)c(N(Cc2cncn2CC(F)(F)F)C(C)CCl)c1. The first-order valence-electron chi connectivity index (χ1n) is 9.02. The number of carbonyl (C=O) groups excluding carboxylic acids is 1. The molecular formula is C19H26ClF3N4O2. The van der Waals surface area contributed by atoms with E-state index < -0.39 is 18.7 Å². The molecule has 0 saturated carbocycles. The van der Waals surface area contributed by atoms with Crippen LogP contribution in [0.2, 0.25) is 0 Å². The van der Waals surface area contributed by atoms with Crippen molar-refractivity contribution in [2.75, 3.05) is 23.6 Å². The molecule has 1 aromatic heterocycles. The van der Waals surface area contributed by atoms with Gasteiger partial charge in [0.05, 0.1) is 42.6 Å². The van der Waals surface area contributed by atoms with E-state index in [9.17, 15) is 18.0 Å². The smallest absolute Gasteiger partial charge is 0.406 e. The number of nitrogen functional groups attached to an aromatic ring is 1. The number of esters is 1. The van der Waals surface area contributed by atoms with Crippen molar-refractivity contribution in [3.05, 3.63) is 42.0 Å². The lowest BCUT2D eigenvalue weighted by Gasteiger charge is -2.31. The molecule has 1 atom stereocenters. The van der Waals surface area contributed by atoms with Gasteiger partial charge in [0, 0.05) is 18.1 Å². The molecule has 2 rings (SSSR count). The van der Waals surface area contributed by atoms with E-state index in [0.29, 0.717) is 17.1 Å². The number of hydrogen-bond acceptors (Lipinski definition) is 5. The van der Waals surface area contributed by atoms with Crippen LogP contribution in [-0.2, 0) is 17.8 Å². The van der Waals surface area contributed by atoms with Gasteiger partial charge in [-0.15, -0.1) is 11.6 Å². The number of benzene rings is 1. The van der Waals surface area contributed by atoms with Gasteiger partial charge < -0.3 is 19.9 Å². The van der Waals surface area contributed by atoms with Gasteiger partial charge in [-0.2, -0.15) is 13.2 Å². The number of rotatable bonds is 7. The lowest BCUT2D eigenvalue weighted by Crippen LogP contribution is -2.35. The zero-order valence-electron chi connectivity index (χ0n) is 16.8. The third kappa shape index (κ3) is 6.85. The quantitative estimate of drug-likeness (QED) is 0.395. The van der Waals surface area contributed by atoms with E-state index in [1.165, 1.54) is 25.4 Å². The third-order valence-electron chi connectivity index (χ3n) is 4.00. The number of hydrogen-bond donors (Lipinski definition) is 1. The predicted molar refractivity (Wildman–Crippen MR) is 108 cm³/mol. The normalized spacial score (nSPS) is 12.0. The zero-order chi connectivity index (χ0) is 22.2. The Kier molecular flexibility index (Phi) is 9.29. The van der Waals surface area contributed by atoms with Gasteiger partial charge in [0.25, 0.3) is 0 Å². The van der Waals surface area contributed by atoms with Crippen LogP contribution in [0.3, 0.4) is 0 Å². The first kappa shape index (κ1) is 24.6. The summed E-state index contributed by atoms with van der Waals surface area (Å²) in [6.45, 7) is 4.74. The van der Waals surface area contributed by atoms with Crippen LogP contribution in [0.5, 0.6) is 0 Å². The molecule has 1 heterocycles. The summed E-state index contributed by atoms with van der Waals surface area (Å²) < 4.78 is 44.1. The van der Waals surface area contributed by atoms with Gasteiger partial charge in [-0.05, 0) is 25.1 Å². The van der Waals surface area contributed by atoms with Crippen LogP contribution in [0.15, 0.2) is 30.7 Å². The largest absolute Gasteiger partial charge is 0.465 e. The second kappa shape index (κ2) is 10.9. The van der Waals surface area contributed by atoms with E-state index in [4.69, 9.17) is 22.1 Å². The second-order valence-electron chi connectivity index (χ2n) is 6.02. The summed E-state index contributed by atoms with van der Waals surface area (Å²) >= 11 is 5.99. The maximum absolute atomic E-state index is 12.8. The van der Waals surface area contributed by atoms with Gasteiger partial charge in [0.2, 0.25) is 0 Å². The predicted octanol–water partition coefficient (Wildman–Crippen LogP) is 4.47. The number of nitrogens with two attached hydrogens (primary N) is 1. The summed E-state index contributed by atoms with van der Waals surface area (Å²) in [4.78, 5) is 17.4. The molecule has 0 aliphatic carbocycles. The molecule has 0 fully saturated rings. The van der Waals surface area contributed by atoms with Crippen LogP contribution >= 0.6 is 11.6 Å². The topological polar surface area (TPSA) is 73.4 Å². The molecule has 0 radical (unpaired) electrons. The van der Waals surface area contributed by atoms with Crippen LogP contribution < -0.4 is 10.6 Å². The highest BCUT2D eigenvalue weighted by Crippen LogP contribution is 2.29. The highest BCUT2D eigenvalue weighted by atomic mass is 35.5. The lowest BCUT2D eigenvalue weighted by atomic mass is 10.1. The molecule has 0 saturated heterocycles. The molecule has 0 spiro atoms. The van der Waals surface area contributed by atoms with Gasteiger partial charge >= 0.3 is 12.1 Å². The van der Waals surface area contributed by atoms with Gasteiger partial charge in [-0.1, -0.05) is 13.8 Å². The van der Waals surface area contributed by atoms with Crippen molar-refractivity contribution in [2.45, 2.75) is 46.1 Å². The van der Waals surface area contributed by atoms with Crippen molar-refractivity contribution in [2.24, 2.45) is 0 Å².